The zero-order chi connectivity index (χ0) is 8.44. The summed E-state index contributed by atoms with van der Waals surface area (Å²) < 4.78 is 1.47. The van der Waals surface area contributed by atoms with E-state index in [-0.39, 0.29) is 0 Å². The van der Waals surface area contributed by atoms with Gasteiger partial charge in [0.05, 0.1) is 26.2 Å². The molecule has 0 spiro atoms. The van der Waals surface area contributed by atoms with Crippen LogP contribution in [0.5, 0.6) is 0 Å². The van der Waals surface area contributed by atoms with Crippen LogP contribution in [0.25, 0.3) is 0 Å². The summed E-state index contributed by atoms with van der Waals surface area (Å²) in [5.41, 5.74) is 0. The highest BCUT2D eigenvalue weighted by Crippen LogP contribution is 2.33. The lowest BCUT2D eigenvalue weighted by Crippen LogP contribution is -2.59. The summed E-state index contributed by atoms with van der Waals surface area (Å²) in [6.45, 7) is 5.91. The van der Waals surface area contributed by atoms with Crippen LogP contribution in [0.15, 0.2) is 0 Å². The molecule has 0 N–H and O–H groups in total. The minimum atomic E-state index is 1.11. The molecule has 3 aliphatic rings. The molecule has 0 aromatic rings. The highest BCUT2D eigenvalue weighted by molar-refractivity contribution is 7.98. The van der Waals surface area contributed by atoms with Crippen molar-refractivity contribution in [2.75, 3.05) is 38.2 Å². The third-order valence-corrected chi connectivity index (χ3v) is 4.40. The Hall–Kier alpha value is 0.310. The molecule has 12 heavy (non-hydrogen) atoms. The largest absolute Gasteiger partial charge is 0.323 e. The zero-order valence-electron chi connectivity index (χ0n) is 8.09. The fraction of sp³-hybridized carbons (Fsp3) is 1.00. The molecule has 0 unspecified atom stereocenters. The number of nitrogens with zero attached hydrogens (tertiary/aromatic N) is 1. The molecular formula is C10H20NS+. The van der Waals surface area contributed by atoms with Crippen molar-refractivity contribution in [3.05, 3.63) is 0 Å². The van der Waals surface area contributed by atoms with Crippen LogP contribution in [0.3, 0.4) is 0 Å². The van der Waals surface area contributed by atoms with Gasteiger partial charge in [-0.15, -0.1) is 0 Å². The van der Waals surface area contributed by atoms with E-state index in [0.29, 0.717) is 0 Å². The SMILES string of the molecule is CSCC[N+]12CCC(CC1)CC2. The number of thioether (sulfide) groups is 1. The number of piperidine rings is 3. The van der Waals surface area contributed by atoms with Gasteiger partial charge in [0.15, 0.2) is 0 Å². The highest BCUT2D eigenvalue weighted by atomic mass is 32.2. The number of hydrogen-bond donors (Lipinski definition) is 0. The Kier molecular flexibility index (Phi) is 2.66. The first kappa shape index (κ1) is 8.89. The number of hydrogen-bond acceptors (Lipinski definition) is 1. The third-order valence-electron chi connectivity index (χ3n) is 3.80. The van der Waals surface area contributed by atoms with Crippen molar-refractivity contribution >= 4 is 11.8 Å². The van der Waals surface area contributed by atoms with Crippen LogP contribution in [-0.4, -0.2) is 42.7 Å². The molecule has 0 atom stereocenters. The fourth-order valence-corrected chi connectivity index (χ4v) is 3.33. The van der Waals surface area contributed by atoms with Crippen molar-refractivity contribution in [1.82, 2.24) is 0 Å². The molecule has 3 rings (SSSR count). The Morgan fingerprint density at radius 1 is 1.17 bits per heavy atom. The first-order valence-electron chi connectivity index (χ1n) is 5.19. The van der Waals surface area contributed by atoms with Crippen LogP contribution in [0.2, 0.25) is 0 Å². The van der Waals surface area contributed by atoms with Crippen molar-refractivity contribution in [1.29, 1.82) is 0 Å². The molecule has 3 heterocycles. The van der Waals surface area contributed by atoms with Crippen LogP contribution in [0.1, 0.15) is 19.3 Å². The smallest absolute Gasteiger partial charge is 0.0878 e. The Labute approximate surface area is 80.1 Å². The van der Waals surface area contributed by atoms with Crippen molar-refractivity contribution in [3.8, 4) is 0 Å². The first-order valence-corrected chi connectivity index (χ1v) is 6.58. The summed E-state index contributed by atoms with van der Waals surface area (Å²) in [4.78, 5) is 0. The molecule has 1 nitrogen and oxygen atoms in total. The molecule has 70 valence electrons. The van der Waals surface area contributed by atoms with Gasteiger partial charge in [-0.3, -0.25) is 0 Å². The molecule has 3 saturated heterocycles. The van der Waals surface area contributed by atoms with Gasteiger partial charge < -0.3 is 4.48 Å². The second-order valence-electron chi connectivity index (χ2n) is 4.46. The molecule has 0 amide bonds. The topological polar surface area (TPSA) is 0 Å². The monoisotopic (exact) mass is 186 g/mol. The van der Waals surface area contributed by atoms with E-state index in [2.05, 4.69) is 6.26 Å². The Balaban J connectivity index is 1.90. The summed E-state index contributed by atoms with van der Waals surface area (Å²) in [5.74, 6) is 2.48. The highest BCUT2D eigenvalue weighted by Gasteiger charge is 2.38. The summed E-state index contributed by atoms with van der Waals surface area (Å²) in [5, 5.41) is 0. The molecule has 3 aliphatic heterocycles. The van der Waals surface area contributed by atoms with Gasteiger partial charge in [-0.05, 0) is 31.4 Å². The molecular weight excluding hydrogens is 166 g/mol. The molecule has 0 aromatic carbocycles. The van der Waals surface area contributed by atoms with Crippen LogP contribution >= 0.6 is 11.8 Å². The number of rotatable bonds is 3. The average molecular weight is 186 g/mol. The molecule has 2 heteroatoms. The quantitative estimate of drug-likeness (QED) is 0.607. The molecule has 0 aliphatic carbocycles. The van der Waals surface area contributed by atoms with E-state index in [4.69, 9.17) is 0 Å². The fourth-order valence-electron chi connectivity index (χ4n) is 2.76. The first-order chi connectivity index (χ1) is 5.85. The minimum absolute atomic E-state index is 1.11. The maximum absolute atomic E-state index is 2.23. The van der Waals surface area contributed by atoms with Gasteiger partial charge in [-0.2, -0.15) is 11.8 Å². The van der Waals surface area contributed by atoms with E-state index in [1.54, 1.807) is 0 Å². The summed E-state index contributed by atoms with van der Waals surface area (Å²) in [7, 11) is 0. The normalized spacial score (nSPS) is 40.2. The second-order valence-corrected chi connectivity index (χ2v) is 5.45. The molecule has 3 fully saturated rings. The van der Waals surface area contributed by atoms with E-state index in [0.717, 1.165) is 5.92 Å². The predicted octanol–water partition coefficient (Wildman–Crippen LogP) is 1.98. The van der Waals surface area contributed by atoms with E-state index in [9.17, 15) is 0 Å². The predicted molar refractivity (Wildman–Crippen MR) is 55.5 cm³/mol. The van der Waals surface area contributed by atoms with Gasteiger partial charge >= 0.3 is 0 Å². The third kappa shape index (κ3) is 1.64. The maximum Gasteiger partial charge on any atom is 0.0878 e. The zero-order valence-corrected chi connectivity index (χ0v) is 8.91. The van der Waals surface area contributed by atoms with Crippen LogP contribution < -0.4 is 0 Å². The van der Waals surface area contributed by atoms with Gasteiger partial charge in [0.2, 0.25) is 0 Å². The molecule has 0 saturated carbocycles. The van der Waals surface area contributed by atoms with Gasteiger partial charge in [0, 0.05) is 5.75 Å². The van der Waals surface area contributed by atoms with Crippen molar-refractivity contribution in [2.24, 2.45) is 5.92 Å². The minimum Gasteiger partial charge on any atom is -0.323 e. The molecule has 2 bridgehead atoms. The van der Waals surface area contributed by atoms with E-state index in [1.807, 2.05) is 11.8 Å². The van der Waals surface area contributed by atoms with Crippen molar-refractivity contribution < 1.29 is 4.48 Å². The van der Waals surface area contributed by atoms with E-state index in [1.165, 1.54) is 55.7 Å². The van der Waals surface area contributed by atoms with Gasteiger partial charge in [-0.25, -0.2) is 0 Å². The second kappa shape index (κ2) is 3.59. The van der Waals surface area contributed by atoms with Crippen LogP contribution in [-0.2, 0) is 0 Å². The van der Waals surface area contributed by atoms with Gasteiger partial charge in [0.25, 0.3) is 0 Å². The Morgan fingerprint density at radius 2 is 1.75 bits per heavy atom. The Morgan fingerprint density at radius 3 is 2.25 bits per heavy atom. The van der Waals surface area contributed by atoms with E-state index >= 15 is 0 Å². The van der Waals surface area contributed by atoms with Crippen molar-refractivity contribution in [3.63, 3.8) is 0 Å². The summed E-state index contributed by atoms with van der Waals surface area (Å²) >= 11 is 2.01. The van der Waals surface area contributed by atoms with Crippen molar-refractivity contribution in [2.45, 2.75) is 19.3 Å². The average Bonchev–Trinajstić information content (AvgIpc) is 2.18. The molecule has 0 aromatic heterocycles. The van der Waals surface area contributed by atoms with Crippen LogP contribution in [0.4, 0.5) is 0 Å². The van der Waals surface area contributed by atoms with E-state index < -0.39 is 0 Å². The standard InChI is InChI=1S/C10H20NS/c1-12-9-8-11-5-2-10(3-6-11)4-7-11/h10H,2-9H2,1H3/q+1. The summed E-state index contributed by atoms with van der Waals surface area (Å²) in [6, 6.07) is 0. The van der Waals surface area contributed by atoms with Gasteiger partial charge in [0.1, 0.15) is 0 Å². The Bertz CT molecular complexity index is 136. The lowest BCUT2D eigenvalue weighted by molar-refractivity contribution is -0.940. The number of fused-ring (bicyclic) bond motifs is 3. The van der Waals surface area contributed by atoms with Crippen LogP contribution in [0, 0.1) is 5.92 Å². The number of quaternary nitrogens is 1. The van der Waals surface area contributed by atoms with Gasteiger partial charge in [-0.1, -0.05) is 0 Å². The lowest BCUT2D eigenvalue weighted by Gasteiger charge is -2.49. The summed E-state index contributed by atoms with van der Waals surface area (Å²) in [6.07, 6.45) is 6.80. The lowest BCUT2D eigenvalue weighted by atomic mass is 9.86. The molecule has 0 radical (unpaired) electrons. The maximum atomic E-state index is 2.23.